The summed E-state index contributed by atoms with van der Waals surface area (Å²) in [6.07, 6.45) is 2.33. The lowest BCUT2D eigenvalue weighted by atomic mass is 10.2. The van der Waals surface area contributed by atoms with E-state index in [-0.39, 0.29) is 0 Å². The highest BCUT2D eigenvalue weighted by atomic mass is 16.1. The number of hydrogen-bond acceptors (Lipinski definition) is 5. The number of aldehydes is 1. The Hall–Kier alpha value is -2.35. The van der Waals surface area contributed by atoms with Crippen molar-refractivity contribution in [1.82, 2.24) is 0 Å². The van der Waals surface area contributed by atoms with Crippen LogP contribution in [0.5, 0.6) is 0 Å². The molecule has 14 heavy (non-hydrogen) atoms. The van der Waals surface area contributed by atoms with Gasteiger partial charge in [-0.2, -0.15) is 0 Å². The van der Waals surface area contributed by atoms with E-state index in [0.717, 1.165) is 24.0 Å². The van der Waals surface area contributed by atoms with Gasteiger partial charge in [0.15, 0.2) is 0 Å². The zero-order valence-corrected chi connectivity index (χ0v) is 7.19. The SMILES string of the molecule is N=C=O.N=C=O.O=Cc1ccccc1. The summed E-state index contributed by atoms with van der Waals surface area (Å²) >= 11 is 0. The minimum Gasteiger partial charge on any atom is -0.298 e. The van der Waals surface area contributed by atoms with E-state index >= 15 is 0 Å². The molecule has 0 heterocycles. The van der Waals surface area contributed by atoms with Gasteiger partial charge >= 0.3 is 0 Å². The summed E-state index contributed by atoms with van der Waals surface area (Å²) in [6.45, 7) is 0. The molecule has 5 heteroatoms. The van der Waals surface area contributed by atoms with Crippen LogP contribution in [0.25, 0.3) is 0 Å². The summed E-state index contributed by atoms with van der Waals surface area (Å²) < 4.78 is 0. The molecule has 0 amide bonds. The van der Waals surface area contributed by atoms with Gasteiger partial charge in [-0.05, 0) is 0 Å². The number of carbonyl (C=O) groups is 1. The predicted octanol–water partition coefficient (Wildman–Crippen LogP) is 1.30. The third-order valence-corrected chi connectivity index (χ3v) is 0.936. The first-order valence-corrected chi connectivity index (χ1v) is 3.34. The topological polar surface area (TPSA) is 98.9 Å². The Kier molecular flexibility index (Phi) is 13.4. The minimum absolute atomic E-state index is 0.729. The Morgan fingerprint density at radius 1 is 1.00 bits per heavy atom. The van der Waals surface area contributed by atoms with Crippen molar-refractivity contribution in [3.8, 4) is 0 Å². The highest BCUT2D eigenvalue weighted by molar-refractivity contribution is 5.74. The fourth-order valence-electron chi connectivity index (χ4n) is 0.532. The molecule has 0 radical (unpaired) electrons. The molecule has 2 N–H and O–H groups in total. The van der Waals surface area contributed by atoms with Gasteiger partial charge in [0.25, 0.3) is 0 Å². The third-order valence-electron chi connectivity index (χ3n) is 0.936. The van der Waals surface area contributed by atoms with E-state index in [0.29, 0.717) is 0 Å². The maximum Gasteiger partial charge on any atom is 0.231 e. The third kappa shape index (κ3) is 12.3. The summed E-state index contributed by atoms with van der Waals surface area (Å²) in [7, 11) is 0. The van der Waals surface area contributed by atoms with Crippen molar-refractivity contribution in [3.63, 3.8) is 0 Å². The van der Waals surface area contributed by atoms with Gasteiger partial charge in [-0.1, -0.05) is 30.3 Å². The van der Waals surface area contributed by atoms with Crippen molar-refractivity contribution < 1.29 is 14.4 Å². The molecule has 0 aliphatic heterocycles. The second-order valence-corrected chi connectivity index (χ2v) is 1.73. The molecule has 0 unspecified atom stereocenters. The molecular formula is C9H8N2O3. The lowest BCUT2D eigenvalue weighted by molar-refractivity contribution is 0.112. The predicted molar refractivity (Wildman–Crippen MR) is 48.7 cm³/mol. The molecule has 0 aromatic heterocycles. The molecule has 0 bridgehead atoms. The highest BCUT2D eigenvalue weighted by Gasteiger charge is 1.79. The fourth-order valence-corrected chi connectivity index (χ4v) is 0.532. The number of isocyanates is 2. The van der Waals surface area contributed by atoms with Gasteiger partial charge in [-0.15, -0.1) is 0 Å². The minimum atomic E-state index is 0.729. The van der Waals surface area contributed by atoms with Gasteiger partial charge in [0.05, 0.1) is 0 Å². The van der Waals surface area contributed by atoms with Crippen LogP contribution >= 0.6 is 0 Å². The zero-order chi connectivity index (χ0) is 11.2. The van der Waals surface area contributed by atoms with Crippen LogP contribution in [0.15, 0.2) is 30.3 Å². The Labute approximate surface area is 80.4 Å². The van der Waals surface area contributed by atoms with E-state index in [1.54, 1.807) is 12.1 Å². The van der Waals surface area contributed by atoms with Crippen LogP contribution < -0.4 is 0 Å². The summed E-state index contributed by atoms with van der Waals surface area (Å²) in [6, 6.07) is 9.10. The summed E-state index contributed by atoms with van der Waals surface area (Å²) in [4.78, 5) is 26.7. The molecule has 0 spiro atoms. The smallest absolute Gasteiger partial charge is 0.231 e. The molecule has 0 saturated heterocycles. The first-order valence-electron chi connectivity index (χ1n) is 3.34. The van der Waals surface area contributed by atoms with Crippen molar-refractivity contribution in [2.45, 2.75) is 0 Å². The van der Waals surface area contributed by atoms with E-state index < -0.39 is 0 Å². The van der Waals surface area contributed by atoms with Gasteiger partial charge in [-0.3, -0.25) is 4.79 Å². The molecule has 1 aromatic rings. The van der Waals surface area contributed by atoms with Gasteiger partial charge in [0.2, 0.25) is 12.2 Å². The molecule has 0 aliphatic carbocycles. The van der Waals surface area contributed by atoms with Crippen molar-refractivity contribution >= 4 is 18.4 Å². The summed E-state index contributed by atoms with van der Waals surface area (Å²) in [5.74, 6) is 0. The van der Waals surface area contributed by atoms with Crippen molar-refractivity contribution in [3.05, 3.63) is 35.9 Å². The van der Waals surface area contributed by atoms with Crippen LogP contribution in [-0.4, -0.2) is 18.4 Å². The van der Waals surface area contributed by atoms with Crippen LogP contribution in [0.2, 0.25) is 0 Å². The van der Waals surface area contributed by atoms with Gasteiger partial charge in [-0.25, -0.2) is 20.4 Å². The average Bonchev–Trinajstić information content (AvgIpc) is 2.21. The van der Waals surface area contributed by atoms with E-state index in [1.807, 2.05) is 18.2 Å². The molecule has 1 aromatic carbocycles. The Bertz CT molecular complexity index is 298. The molecular weight excluding hydrogens is 184 g/mol. The second-order valence-electron chi connectivity index (χ2n) is 1.73. The summed E-state index contributed by atoms with van der Waals surface area (Å²) in [5.41, 5.74) is 0.729. The van der Waals surface area contributed by atoms with Gasteiger partial charge in [0, 0.05) is 5.56 Å². The fraction of sp³-hybridized carbons (Fsp3) is 0. The largest absolute Gasteiger partial charge is 0.298 e. The van der Waals surface area contributed by atoms with Crippen LogP contribution in [0.4, 0.5) is 0 Å². The Morgan fingerprint density at radius 2 is 1.36 bits per heavy atom. The molecule has 0 fully saturated rings. The van der Waals surface area contributed by atoms with Crippen LogP contribution in [0.3, 0.4) is 0 Å². The lowest BCUT2D eigenvalue weighted by Gasteiger charge is -1.81. The average molecular weight is 192 g/mol. The van der Waals surface area contributed by atoms with Crippen molar-refractivity contribution in [1.29, 1.82) is 10.8 Å². The Balaban J connectivity index is 0. The molecule has 0 saturated carbocycles. The normalized spacial score (nSPS) is 6.00. The number of rotatable bonds is 1. The van der Waals surface area contributed by atoms with E-state index in [1.165, 1.54) is 0 Å². The Morgan fingerprint density at radius 3 is 1.57 bits per heavy atom. The molecule has 1 rings (SSSR count). The quantitative estimate of drug-likeness (QED) is 0.398. The monoisotopic (exact) mass is 192 g/mol. The lowest BCUT2D eigenvalue weighted by Crippen LogP contribution is -1.73. The first kappa shape index (κ1) is 14.2. The first-order chi connectivity index (χ1) is 6.76. The molecule has 0 aliphatic rings. The molecule has 72 valence electrons. The van der Waals surface area contributed by atoms with E-state index in [4.69, 9.17) is 20.4 Å². The number of hydrogen-bond donors (Lipinski definition) is 2. The molecule has 0 atom stereocenters. The second kappa shape index (κ2) is 13.3. The van der Waals surface area contributed by atoms with Gasteiger partial charge in [0.1, 0.15) is 6.29 Å². The highest BCUT2D eigenvalue weighted by Crippen LogP contribution is 1.91. The standard InChI is InChI=1S/C7H6O.2CHNO/c8-6-7-4-2-1-3-5-7;2*2-1-3/h1-6H;2*2H. The van der Waals surface area contributed by atoms with E-state index in [9.17, 15) is 4.79 Å². The number of nitrogens with one attached hydrogen (secondary N) is 2. The maximum atomic E-state index is 10.0. The van der Waals surface area contributed by atoms with Crippen LogP contribution in [0, 0.1) is 10.8 Å². The maximum absolute atomic E-state index is 10.0. The van der Waals surface area contributed by atoms with Crippen LogP contribution in [-0.2, 0) is 9.59 Å². The van der Waals surface area contributed by atoms with Crippen molar-refractivity contribution in [2.24, 2.45) is 0 Å². The van der Waals surface area contributed by atoms with E-state index in [2.05, 4.69) is 0 Å². The van der Waals surface area contributed by atoms with Gasteiger partial charge < -0.3 is 0 Å². The summed E-state index contributed by atoms with van der Waals surface area (Å²) in [5, 5.41) is 10.8. The molecule has 5 nitrogen and oxygen atoms in total. The number of benzene rings is 1. The van der Waals surface area contributed by atoms with Crippen molar-refractivity contribution in [2.75, 3.05) is 0 Å². The van der Waals surface area contributed by atoms with Crippen LogP contribution in [0.1, 0.15) is 10.4 Å². The number of carbonyl (C=O) groups excluding carboxylic acids is 3. The zero-order valence-electron chi connectivity index (χ0n) is 7.19.